The number of rotatable bonds is 1. The predicted molar refractivity (Wildman–Crippen MR) is 95.4 cm³/mol. The fourth-order valence-corrected chi connectivity index (χ4v) is 3.13. The molecule has 1 aliphatic carbocycles. The van der Waals surface area contributed by atoms with Crippen LogP contribution in [0.2, 0.25) is 0 Å². The number of carbonyl (C=O) groups excluding carboxylic acids is 2. The van der Waals surface area contributed by atoms with E-state index in [1.807, 2.05) is 41.5 Å². The molecule has 2 fully saturated rings. The molecule has 0 aromatic carbocycles. The van der Waals surface area contributed by atoms with E-state index in [-0.39, 0.29) is 30.2 Å². The molecule has 0 aromatic rings. The molecular weight excluding hydrogens is 328 g/mol. The predicted octanol–water partition coefficient (Wildman–Crippen LogP) is 3.16. The second-order valence-electron chi connectivity index (χ2n) is 8.68. The van der Waals surface area contributed by atoms with Crippen molar-refractivity contribution < 1.29 is 19.1 Å². The molecule has 1 saturated heterocycles. The molecule has 0 bridgehead atoms. The van der Waals surface area contributed by atoms with Gasteiger partial charge in [0.2, 0.25) is 0 Å². The highest BCUT2D eigenvalue weighted by atomic mass is 32.1. The highest BCUT2D eigenvalue weighted by molar-refractivity contribution is 7.80. The fourth-order valence-electron chi connectivity index (χ4n) is 2.90. The molecule has 2 rings (SSSR count). The van der Waals surface area contributed by atoms with Crippen molar-refractivity contribution in [3.63, 3.8) is 0 Å². The van der Waals surface area contributed by atoms with Crippen molar-refractivity contribution in [1.29, 1.82) is 0 Å². The van der Waals surface area contributed by atoms with Crippen molar-refractivity contribution in [2.75, 3.05) is 18.8 Å². The van der Waals surface area contributed by atoms with Gasteiger partial charge in [0, 0.05) is 19.0 Å². The topological polar surface area (TPSA) is 59.1 Å². The number of fused-ring (bicyclic) bond motifs is 1. The maximum Gasteiger partial charge on any atom is 0.410 e. The molecule has 138 valence electrons. The molecule has 6 nitrogen and oxygen atoms in total. The van der Waals surface area contributed by atoms with E-state index < -0.39 is 11.2 Å². The van der Waals surface area contributed by atoms with Gasteiger partial charge in [0.25, 0.3) is 0 Å². The monoisotopic (exact) mass is 358 g/mol. The molecule has 7 heteroatoms. The Hall–Kier alpha value is -1.11. The zero-order chi connectivity index (χ0) is 18.3. The van der Waals surface area contributed by atoms with Gasteiger partial charge in [-0.1, -0.05) is 0 Å². The highest BCUT2D eigenvalue weighted by Gasteiger charge is 2.53. The Morgan fingerprint density at radius 3 is 1.58 bits per heavy atom. The zero-order valence-electron chi connectivity index (χ0n) is 15.5. The van der Waals surface area contributed by atoms with Crippen molar-refractivity contribution in [1.82, 2.24) is 9.80 Å². The van der Waals surface area contributed by atoms with Crippen LogP contribution in [0.25, 0.3) is 0 Å². The van der Waals surface area contributed by atoms with Gasteiger partial charge in [-0.2, -0.15) is 12.6 Å². The lowest BCUT2D eigenvalue weighted by Gasteiger charge is -2.29. The number of amides is 2. The molecule has 1 heterocycles. The van der Waals surface area contributed by atoms with E-state index in [4.69, 9.17) is 9.47 Å². The zero-order valence-corrected chi connectivity index (χ0v) is 16.4. The summed E-state index contributed by atoms with van der Waals surface area (Å²) in [5.41, 5.74) is -1.07. The normalized spacial score (nSPS) is 27.2. The summed E-state index contributed by atoms with van der Waals surface area (Å²) in [7, 11) is 0. The smallest absolute Gasteiger partial charge is 0.410 e. The second-order valence-corrected chi connectivity index (χ2v) is 9.05. The molecular formula is C17H30N2O4S. The third-order valence-electron chi connectivity index (χ3n) is 3.95. The van der Waals surface area contributed by atoms with Crippen LogP contribution in [0.4, 0.5) is 9.59 Å². The molecule has 24 heavy (non-hydrogen) atoms. The molecule has 0 spiro atoms. The summed E-state index contributed by atoms with van der Waals surface area (Å²) in [5, 5.41) is 0. The Balaban J connectivity index is 2.11. The first-order valence-corrected chi connectivity index (χ1v) is 9.14. The number of thiol groups is 1. The first-order valence-electron chi connectivity index (χ1n) is 8.51. The number of hydrogen-bond donors (Lipinski definition) is 1. The molecule has 1 saturated carbocycles. The van der Waals surface area contributed by atoms with Crippen LogP contribution < -0.4 is 0 Å². The van der Waals surface area contributed by atoms with E-state index in [0.29, 0.717) is 18.8 Å². The van der Waals surface area contributed by atoms with E-state index in [2.05, 4.69) is 12.6 Å². The van der Waals surface area contributed by atoms with E-state index in [1.165, 1.54) is 0 Å². The minimum atomic E-state index is -0.533. The summed E-state index contributed by atoms with van der Waals surface area (Å²) in [6.45, 7) is 12.3. The lowest BCUT2D eigenvalue weighted by molar-refractivity contribution is 0.0194. The van der Waals surface area contributed by atoms with Gasteiger partial charge in [0.15, 0.2) is 0 Å². The summed E-state index contributed by atoms with van der Waals surface area (Å²) < 4.78 is 11.1. The summed E-state index contributed by atoms with van der Waals surface area (Å²) in [5.74, 6) is 0.694. The van der Waals surface area contributed by atoms with Gasteiger partial charge in [0.05, 0.1) is 12.1 Å². The lowest BCUT2D eigenvalue weighted by Crippen LogP contribution is -2.41. The Kier molecular flexibility index (Phi) is 5.33. The largest absolute Gasteiger partial charge is 0.444 e. The van der Waals surface area contributed by atoms with Crippen molar-refractivity contribution in [3.05, 3.63) is 0 Å². The van der Waals surface area contributed by atoms with Gasteiger partial charge >= 0.3 is 12.2 Å². The minimum absolute atomic E-state index is 0.0113. The van der Waals surface area contributed by atoms with Crippen LogP contribution >= 0.6 is 12.6 Å². The molecule has 3 atom stereocenters. The van der Waals surface area contributed by atoms with Gasteiger partial charge in [-0.15, -0.1) is 0 Å². The molecule has 0 aromatic heterocycles. The number of ether oxygens (including phenoxy) is 2. The van der Waals surface area contributed by atoms with Gasteiger partial charge in [-0.3, -0.25) is 0 Å². The number of nitrogens with zero attached hydrogens (tertiary/aromatic N) is 2. The quantitative estimate of drug-likeness (QED) is 0.732. The number of carbonyl (C=O) groups is 2. The molecule has 1 aliphatic heterocycles. The van der Waals surface area contributed by atoms with Crippen molar-refractivity contribution in [2.24, 2.45) is 5.92 Å². The first-order chi connectivity index (χ1) is 10.9. The SMILES string of the molecule is CC(C)(C)OC(=O)N1CC(CS)CN(C(=O)OC(C)(C)C)[C@H]2C[C@H]21. The highest BCUT2D eigenvalue weighted by Crippen LogP contribution is 2.38. The van der Waals surface area contributed by atoms with Crippen molar-refractivity contribution >= 4 is 24.8 Å². The number of hydrogen-bond acceptors (Lipinski definition) is 5. The Morgan fingerprint density at radius 1 is 0.917 bits per heavy atom. The van der Waals surface area contributed by atoms with E-state index in [0.717, 1.165) is 6.42 Å². The Labute approximate surface area is 150 Å². The second kappa shape index (κ2) is 6.65. The molecule has 2 amide bonds. The van der Waals surface area contributed by atoms with Gasteiger partial charge in [-0.05, 0) is 53.7 Å². The molecule has 0 radical (unpaired) electrons. The molecule has 0 N–H and O–H groups in total. The summed E-state index contributed by atoms with van der Waals surface area (Å²) in [4.78, 5) is 28.6. The van der Waals surface area contributed by atoms with Crippen LogP contribution in [0.15, 0.2) is 0 Å². The van der Waals surface area contributed by atoms with Crippen LogP contribution in [-0.2, 0) is 9.47 Å². The van der Waals surface area contributed by atoms with Crippen molar-refractivity contribution in [2.45, 2.75) is 71.2 Å². The van der Waals surface area contributed by atoms with Crippen LogP contribution in [0.1, 0.15) is 48.0 Å². The minimum Gasteiger partial charge on any atom is -0.444 e. The lowest BCUT2D eigenvalue weighted by atomic mass is 10.1. The van der Waals surface area contributed by atoms with E-state index in [1.54, 1.807) is 9.80 Å². The van der Waals surface area contributed by atoms with Gasteiger partial charge in [0.1, 0.15) is 11.2 Å². The van der Waals surface area contributed by atoms with Gasteiger partial charge in [-0.25, -0.2) is 9.59 Å². The van der Waals surface area contributed by atoms with Gasteiger partial charge < -0.3 is 19.3 Å². The maximum absolute atomic E-state index is 12.5. The maximum atomic E-state index is 12.5. The average molecular weight is 359 g/mol. The van der Waals surface area contributed by atoms with Crippen LogP contribution in [0, 0.1) is 5.92 Å². The van der Waals surface area contributed by atoms with Crippen LogP contribution in [0.5, 0.6) is 0 Å². The van der Waals surface area contributed by atoms with Crippen LogP contribution in [0.3, 0.4) is 0 Å². The van der Waals surface area contributed by atoms with Crippen molar-refractivity contribution in [3.8, 4) is 0 Å². The standard InChI is InChI=1S/C17H30N2O4S/c1-16(2,3)22-14(20)18-8-11(10-24)9-19(13-7-12(13)18)15(21)23-17(4,5)6/h11-13,24H,7-10H2,1-6H3/t11?,12-,13+. The summed E-state index contributed by atoms with van der Waals surface area (Å²) >= 11 is 4.39. The summed E-state index contributed by atoms with van der Waals surface area (Å²) in [6, 6.07) is 0.0227. The first kappa shape index (κ1) is 19.2. The summed E-state index contributed by atoms with van der Waals surface area (Å²) in [6.07, 6.45) is 0.151. The third kappa shape index (κ3) is 4.94. The fraction of sp³-hybridized carbons (Fsp3) is 0.882. The van der Waals surface area contributed by atoms with Crippen LogP contribution in [-0.4, -0.2) is 64.1 Å². The average Bonchev–Trinajstić information content (AvgIpc) is 3.13. The molecule has 2 aliphatic rings. The molecule has 1 unspecified atom stereocenters. The van der Waals surface area contributed by atoms with E-state index in [9.17, 15) is 9.59 Å². The Morgan fingerprint density at radius 2 is 1.29 bits per heavy atom. The Bertz CT molecular complexity index is 456. The third-order valence-corrected chi connectivity index (χ3v) is 4.47. The van der Waals surface area contributed by atoms with E-state index >= 15 is 0 Å².